The highest BCUT2D eigenvalue weighted by Crippen LogP contribution is 2.41. The lowest BCUT2D eigenvalue weighted by Gasteiger charge is -2.41. The Bertz CT molecular complexity index is 696. The van der Waals surface area contributed by atoms with Crippen LogP contribution in [0.5, 0.6) is 0 Å². The quantitative estimate of drug-likeness (QED) is 0.302. The van der Waals surface area contributed by atoms with Crippen LogP contribution >= 0.6 is 0 Å². The Hall–Kier alpha value is -1.28. The van der Waals surface area contributed by atoms with Crippen molar-refractivity contribution in [3.05, 3.63) is 41.1 Å². The summed E-state index contributed by atoms with van der Waals surface area (Å²) in [5.74, 6) is 0.615. The van der Waals surface area contributed by atoms with Gasteiger partial charge in [0.25, 0.3) is 0 Å². The van der Waals surface area contributed by atoms with E-state index in [0.29, 0.717) is 5.92 Å². The number of unbranched alkanes of at least 4 members (excludes halogenated alkanes) is 7. The minimum atomic E-state index is 0.615. The summed E-state index contributed by atoms with van der Waals surface area (Å²) in [5, 5.41) is 0. The molecule has 31 heavy (non-hydrogen) atoms. The highest BCUT2D eigenvalue weighted by Gasteiger charge is 2.36. The third-order valence-electron chi connectivity index (χ3n) is 8.02. The van der Waals surface area contributed by atoms with Crippen molar-refractivity contribution < 1.29 is 0 Å². The molecule has 4 rings (SSSR count). The molecule has 0 amide bonds. The zero-order chi connectivity index (χ0) is 21.5. The van der Waals surface area contributed by atoms with Gasteiger partial charge in [0.15, 0.2) is 0 Å². The first-order valence-electron chi connectivity index (χ1n) is 13.6. The van der Waals surface area contributed by atoms with Crippen LogP contribution in [0.2, 0.25) is 0 Å². The molecule has 0 bridgehead atoms. The van der Waals surface area contributed by atoms with Crippen molar-refractivity contribution in [3.8, 4) is 0 Å². The summed E-state index contributed by atoms with van der Waals surface area (Å²) < 4.78 is 0. The molecule has 0 radical (unpaired) electrons. The van der Waals surface area contributed by atoms with Gasteiger partial charge in [-0.05, 0) is 62.3 Å². The molecular weight excluding hydrogens is 376 g/mol. The van der Waals surface area contributed by atoms with E-state index in [4.69, 9.17) is 0 Å². The largest absolute Gasteiger partial charge is 0.374 e. The minimum absolute atomic E-state index is 0.615. The first-order valence-corrected chi connectivity index (χ1v) is 13.6. The van der Waals surface area contributed by atoms with Crippen molar-refractivity contribution in [1.82, 2.24) is 9.80 Å². The van der Waals surface area contributed by atoms with Gasteiger partial charge in [0.05, 0.1) is 0 Å². The summed E-state index contributed by atoms with van der Waals surface area (Å²) in [4.78, 5) is 5.66. The molecule has 1 saturated heterocycles. The first kappa shape index (κ1) is 22.9. The molecule has 1 aromatic carbocycles. The summed E-state index contributed by atoms with van der Waals surface area (Å²) in [6, 6.07) is 10.8. The standard InChI is InChI=1S/C29H46N2/c1-3-5-6-7-8-9-10-13-20-31(25-16-17-25)26-18-21-30(22-19-26)29-23-24-14-11-12-15-28(24)27(29)4-2/h11-12,14-15,23,25-27H,3-10,13,16-22H2,1-2H3. The van der Waals surface area contributed by atoms with Gasteiger partial charge in [-0.2, -0.15) is 0 Å². The van der Waals surface area contributed by atoms with E-state index in [-0.39, 0.29) is 0 Å². The molecule has 2 aliphatic carbocycles. The van der Waals surface area contributed by atoms with E-state index in [2.05, 4.69) is 54.0 Å². The predicted molar refractivity (Wildman–Crippen MR) is 134 cm³/mol. The molecule has 0 aromatic heterocycles. The van der Waals surface area contributed by atoms with E-state index in [1.54, 1.807) is 11.3 Å². The summed E-state index contributed by atoms with van der Waals surface area (Å²) in [7, 11) is 0. The number of benzene rings is 1. The second-order valence-electron chi connectivity index (χ2n) is 10.3. The molecule has 1 atom stereocenters. The summed E-state index contributed by atoms with van der Waals surface area (Å²) >= 11 is 0. The number of nitrogens with zero attached hydrogens (tertiary/aromatic N) is 2. The van der Waals surface area contributed by atoms with Gasteiger partial charge in [-0.25, -0.2) is 0 Å². The zero-order valence-corrected chi connectivity index (χ0v) is 20.3. The lowest BCUT2D eigenvalue weighted by Crippen LogP contribution is -2.46. The van der Waals surface area contributed by atoms with Crippen LogP contribution in [0.25, 0.3) is 6.08 Å². The van der Waals surface area contributed by atoms with Gasteiger partial charge >= 0.3 is 0 Å². The van der Waals surface area contributed by atoms with Crippen LogP contribution in [-0.2, 0) is 0 Å². The number of rotatable bonds is 13. The molecule has 0 N–H and O–H groups in total. The molecule has 2 nitrogen and oxygen atoms in total. The molecule has 0 spiro atoms. The summed E-state index contributed by atoms with van der Waals surface area (Å²) in [5.41, 5.74) is 4.61. The van der Waals surface area contributed by atoms with Crippen molar-refractivity contribution in [1.29, 1.82) is 0 Å². The highest BCUT2D eigenvalue weighted by atomic mass is 15.2. The molecule has 1 unspecified atom stereocenters. The lowest BCUT2D eigenvalue weighted by atomic mass is 9.94. The van der Waals surface area contributed by atoms with E-state index >= 15 is 0 Å². The van der Waals surface area contributed by atoms with Gasteiger partial charge in [0.2, 0.25) is 0 Å². The van der Waals surface area contributed by atoms with Crippen molar-refractivity contribution in [3.63, 3.8) is 0 Å². The van der Waals surface area contributed by atoms with Gasteiger partial charge in [0.1, 0.15) is 0 Å². The van der Waals surface area contributed by atoms with E-state index in [9.17, 15) is 0 Å². The maximum absolute atomic E-state index is 2.93. The number of hydrogen-bond acceptors (Lipinski definition) is 2. The Kier molecular flexibility index (Phi) is 8.53. The van der Waals surface area contributed by atoms with E-state index in [1.165, 1.54) is 109 Å². The molecule has 172 valence electrons. The maximum atomic E-state index is 2.93. The average molecular weight is 423 g/mol. The van der Waals surface area contributed by atoms with E-state index in [0.717, 1.165) is 12.1 Å². The maximum Gasteiger partial charge on any atom is 0.0243 e. The van der Waals surface area contributed by atoms with Crippen LogP contribution in [0.1, 0.15) is 114 Å². The molecule has 1 saturated carbocycles. The number of fused-ring (bicyclic) bond motifs is 1. The Labute approximate surface area is 192 Å². The second-order valence-corrected chi connectivity index (χ2v) is 10.3. The van der Waals surface area contributed by atoms with Crippen LogP contribution in [0, 0.1) is 0 Å². The van der Waals surface area contributed by atoms with Gasteiger partial charge in [-0.15, -0.1) is 0 Å². The fourth-order valence-corrected chi connectivity index (χ4v) is 6.07. The fraction of sp³-hybridized carbons (Fsp3) is 0.724. The second kappa shape index (κ2) is 11.5. The third-order valence-corrected chi connectivity index (χ3v) is 8.02. The zero-order valence-electron chi connectivity index (χ0n) is 20.3. The van der Waals surface area contributed by atoms with E-state index in [1.807, 2.05) is 0 Å². The van der Waals surface area contributed by atoms with Gasteiger partial charge in [0, 0.05) is 36.8 Å². The molecule has 3 aliphatic rings. The summed E-state index contributed by atoms with van der Waals surface area (Å²) in [6.45, 7) is 8.52. The Morgan fingerprint density at radius 2 is 1.45 bits per heavy atom. The normalized spacial score (nSPS) is 21.6. The van der Waals surface area contributed by atoms with Crippen LogP contribution in [-0.4, -0.2) is 41.5 Å². The van der Waals surface area contributed by atoms with Crippen molar-refractivity contribution >= 4 is 6.08 Å². The number of hydrogen-bond donors (Lipinski definition) is 0. The van der Waals surface area contributed by atoms with Crippen LogP contribution in [0.4, 0.5) is 0 Å². The third kappa shape index (κ3) is 5.95. The minimum Gasteiger partial charge on any atom is -0.374 e. The van der Waals surface area contributed by atoms with Crippen molar-refractivity contribution in [2.45, 2.75) is 115 Å². The van der Waals surface area contributed by atoms with E-state index < -0.39 is 0 Å². The fourth-order valence-electron chi connectivity index (χ4n) is 6.07. The topological polar surface area (TPSA) is 6.48 Å². The van der Waals surface area contributed by atoms with Crippen molar-refractivity contribution in [2.24, 2.45) is 0 Å². The number of allylic oxidation sites excluding steroid dienone is 1. The Morgan fingerprint density at radius 1 is 0.806 bits per heavy atom. The smallest absolute Gasteiger partial charge is 0.0243 e. The SMILES string of the molecule is CCCCCCCCCCN(C1CC1)C1CCN(C2=Cc3ccccc3C2CC)CC1. The molecule has 1 heterocycles. The van der Waals surface area contributed by atoms with Crippen LogP contribution in [0.15, 0.2) is 30.0 Å². The van der Waals surface area contributed by atoms with Gasteiger partial charge < -0.3 is 4.90 Å². The molecule has 1 aromatic rings. The molecule has 1 aliphatic heterocycles. The molecular formula is C29H46N2. The van der Waals surface area contributed by atoms with Gasteiger partial charge in [-0.1, -0.05) is 83.1 Å². The average Bonchev–Trinajstić information content (AvgIpc) is 3.57. The van der Waals surface area contributed by atoms with Crippen LogP contribution in [0.3, 0.4) is 0 Å². The Balaban J connectivity index is 1.22. The number of piperidine rings is 1. The molecule has 2 heteroatoms. The summed E-state index contributed by atoms with van der Waals surface area (Å²) in [6.07, 6.45) is 20.8. The monoisotopic (exact) mass is 422 g/mol. The predicted octanol–water partition coefficient (Wildman–Crippen LogP) is 7.60. The first-order chi connectivity index (χ1) is 15.3. The highest BCUT2D eigenvalue weighted by molar-refractivity contribution is 5.66. The Morgan fingerprint density at radius 3 is 2.13 bits per heavy atom. The van der Waals surface area contributed by atoms with Crippen molar-refractivity contribution in [2.75, 3.05) is 19.6 Å². The lowest BCUT2D eigenvalue weighted by molar-refractivity contribution is 0.112. The van der Waals surface area contributed by atoms with Gasteiger partial charge in [-0.3, -0.25) is 4.90 Å². The number of likely N-dealkylation sites (tertiary alicyclic amines) is 1. The molecule has 2 fully saturated rings. The van der Waals surface area contributed by atoms with Crippen LogP contribution < -0.4 is 0 Å².